The molecule has 3 nitrogen and oxygen atoms in total. The molecular formula is C13H21F3O3. The zero-order chi connectivity index (χ0) is 14.7. The number of hydrogen-bond acceptors (Lipinski definition) is 3. The summed E-state index contributed by atoms with van der Waals surface area (Å²) in [6.07, 6.45) is -1.11. The highest BCUT2D eigenvalue weighted by atomic mass is 19.4. The van der Waals surface area contributed by atoms with E-state index in [1.165, 1.54) is 6.92 Å². The summed E-state index contributed by atoms with van der Waals surface area (Å²) in [6.45, 7) is 1.59. The first kappa shape index (κ1) is 17.9. The first-order valence-electron chi connectivity index (χ1n) is 6.53. The predicted molar refractivity (Wildman–Crippen MR) is 64.6 cm³/mol. The van der Waals surface area contributed by atoms with Crippen LogP contribution in [0.4, 0.5) is 13.2 Å². The van der Waals surface area contributed by atoms with E-state index in [1.807, 2.05) is 0 Å². The van der Waals surface area contributed by atoms with Crippen molar-refractivity contribution in [3.05, 3.63) is 0 Å². The molecule has 0 fully saturated rings. The number of halogens is 3. The van der Waals surface area contributed by atoms with Crippen molar-refractivity contribution >= 4 is 11.8 Å². The van der Waals surface area contributed by atoms with Crippen LogP contribution in [0.25, 0.3) is 0 Å². The van der Waals surface area contributed by atoms with Crippen LogP contribution in [0.1, 0.15) is 58.3 Å². The first-order valence-corrected chi connectivity index (χ1v) is 6.53. The van der Waals surface area contributed by atoms with Gasteiger partial charge in [0.25, 0.3) is 0 Å². The predicted octanol–water partition coefficient (Wildman–Crippen LogP) is 3.80. The Kier molecular flexibility index (Phi) is 9.26. The number of carbonyl (C=O) groups is 2. The number of ether oxygens (including phenoxy) is 1. The third kappa shape index (κ3) is 14.9. The summed E-state index contributed by atoms with van der Waals surface area (Å²) in [6, 6.07) is 0. The van der Waals surface area contributed by atoms with Crippen molar-refractivity contribution in [1.82, 2.24) is 0 Å². The molecule has 0 aliphatic carbocycles. The van der Waals surface area contributed by atoms with Crippen molar-refractivity contribution in [2.75, 3.05) is 6.61 Å². The van der Waals surface area contributed by atoms with Crippen molar-refractivity contribution in [2.24, 2.45) is 0 Å². The number of alkyl halides is 3. The lowest BCUT2D eigenvalue weighted by atomic mass is 10.1. The zero-order valence-corrected chi connectivity index (χ0v) is 11.2. The monoisotopic (exact) mass is 282 g/mol. The Morgan fingerprint density at radius 1 is 0.947 bits per heavy atom. The number of unbranched alkanes of at least 4 members (excludes halogenated alkanes) is 5. The highest BCUT2D eigenvalue weighted by molar-refractivity contribution is 5.94. The second kappa shape index (κ2) is 9.81. The number of ketones is 1. The van der Waals surface area contributed by atoms with Crippen LogP contribution in [0.3, 0.4) is 0 Å². The molecule has 0 aliphatic heterocycles. The summed E-state index contributed by atoms with van der Waals surface area (Å²) in [4.78, 5) is 21.6. The van der Waals surface area contributed by atoms with E-state index >= 15 is 0 Å². The lowest BCUT2D eigenvalue weighted by Gasteiger charge is -2.06. The van der Waals surface area contributed by atoms with Gasteiger partial charge < -0.3 is 4.74 Å². The maximum atomic E-state index is 11.8. The summed E-state index contributed by atoms with van der Waals surface area (Å²) >= 11 is 0. The van der Waals surface area contributed by atoms with Crippen LogP contribution in [0.2, 0.25) is 0 Å². The molecule has 0 aromatic rings. The van der Waals surface area contributed by atoms with Crippen molar-refractivity contribution in [2.45, 2.75) is 64.5 Å². The molecule has 0 rings (SSSR count). The molecule has 0 bridgehead atoms. The summed E-state index contributed by atoms with van der Waals surface area (Å²) in [7, 11) is 0. The number of esters is 1. The molecule has 6 heteroatoms. The maximum absolute atomic E-state index is 11.8. The minimum absolute atomic E-state index is 0.178. The third-order valence-corrected chi connectivity index (χ3v) is 2.51. The molecule has 0 aromatic carbocycles. The van der Waals surface area contributed by atoms with Gasteiger partial charge in [-0.25, -0.2) is 0 Å². The number of hydrogen-bond donors (Lipinski definition) is 0. The van der Waals surface area contributed by atoms with E-state index < -0.39 is 18.6 Å². The fourth-order valence-corrected chi connectivity index (χ4v) is 1.57. The topological polar surface area (TPSA) is 43.4 Å². The number of carbonyl (C=O) groups excluding carboxylic acids is 2. The van der Waals surface area contributed by atoms with Gasteiger partial charge in [-0.05, 0) is 19.8 Å². The third-order valence-electron chi connectivity index (χ3n) is 2.51. The highest BCUT2D eigenvalue weighted by Gasteiger charge is 2.25. The van der Waals surface area contributed by atoms with Crippen LogP contribution in [0.15, 0.2) is 0 Å². The molecule has 19 heavy (non-hydrogen) atoms. The molecule has 0 unspecified atom stereocenters. The summed E-state index contributed by atoms with van der Waals surface area (Å²) in [5.41, 5.74) is 0. The van der Waals surface area contributed by atoms with E-state index in [0.29, 0.717) is 12.8 Å². The number of Topliss-reactive ketones (excluding diaryl/α,β-unsaturated/α-hetero) is 1. The molecule has 0 saturated heterocycles. The van der Waals surface area contributed by atoms with E-state index in [4.69, 9.17) is 4.74 Å². The molecule has 0 amide bonds. The van der Waals surface area contributed by atoms with E-state index in [0.717, 1.165) is 19.3 Å². The quantitative estimate of drug-likeness (QED) is 0.348. The lowest BCUT2D eigenvalue weighted by Crippen LogP contribution is -2.09. The average Bonchev–Trinajstić information content (AvgIpc) is 2.24. The SMILES string of the molecule is CC(=O)CC(=O)OCCCCCCCCC(F)(F)F. The highest BCUT2D eigenvalue weighted by Crippen LogP contribution is 2.23. The molecule has 0 spiro atoms. The average molecular weight is 282 g/mol. The fourth-order valence-electron chi connectivity index (χ4n) is 1.57. The van der Waals surface area contributed by atoms with E-state index in [2.05, 4.69) is 0 Å². The summed E-state index contributed by atoms with van der Waals surface area (Å²) < 4.78 is 40.3. The Bertz CT molecular complexity index is 275. The van der Waals surface area contributed by atoms with Gasteiger partial charge in [0.15, 0.2) is 0 Å². The van der Waals surface area contributed by atoms with E-state index in [-0.39, 0.29) is 25.2 Å². The molecule has 0 aromatic heterocycles. The van der Waals surface area contributed by atoms with Crippen LogP contribution in [-0.2, 0) is 14.3 Å². The minimum Gasteiger partial charge on any atom is -0.465 e. The first-order chi connectivity index (χ1) is 8.81. The summed E-state index contributed by atoms with van der Waals surface area (Å²) in [5, 5.41) is 0. The Morgan fingerprint density at radius 3 is 2.00 bits per heavy atom. The zero-order valence-electron chi connectivity index (χ0n) is 11.2. The Labute approximate surface area is 111 Å². The largest absolute Gasteiger partial charge is 0.465 e. The van der Waals surface area contributed by atoms with Gasteiger partial charge in [-0.2, -0.15) is 13.2 Å². The molecule has 0 heterocycles. The molecule has 0 radical (unpaired) electrons. The van der Waals surface area contributed by atoms with E-state index in [1.54, 1.807) is 0 Å². The Balaban J connectivity index is 3.23. The normalized spacial score (nSPS) is 11.4. The van der Waals surface area contributed by atoms with Crippen LogP contribution in [-0.4, -0.2) is 24.5 Å². The van der Waals surface area contributed by atoms with Crippen LogP contribution < -0.4 is 0 Å². The molecule has 0 aliphatic rings. The van der Waals surface area contributed by atoms with Crippen LogP contribution >= 0.6 is 0 Å². The van der Waals surface area contributed by atoms with Gasteiger partial charge in [0.05, 0.1) is 6.61 Å². The van der Waals surface area contributed by atoms with Crippen molar-refractivity contribution in [1.29, 1.82) is 0 Å². The van der Waals surface area contributed by atoms with E-state index in [9.17, 15) is 22.8 Å². The van der Waals surface area contributed by atoms with Crippen molar-refractivity contribution in [3.8, 4) is 0 Å². The van der Waals surface area contributed by atoms with Crippen molar-refractivity contribution in [3.63, 3.8) is 0 Å². The molecule has 0 atom stereocenters. The molecule has 112 valence electrons. The molecule has 0 N–H and O–H groups in total. The Morgan fingerprint density at radius 2 is 1.47 bits per heavy atom. The van der Waals surface area contributed by atoms with Gasteiger partial charge >= 0.3 is 12.1 Å². The smallest absolute Gasteiger partial charge is 0.389 e. The lowest BCUT2D eigenvalue weighted by molar-refractivity contribution is -0.145. The molecular weight excluding hydrogens is 261 g/mol. The van der Waals surface area contributed by atoms with Crippen LogP contribution in [0.5, 0.6) is 0 Å². The standard InChI is InChI=1S/C13H21F3O3/c1-11(17)10-12(18)19-9-7-5-3-2-4-6-8-13(14,15)16/h2-10H2,1H3. The van der Waals surface area contributed by atoms with Crippen molar-refractivity contribution < 1.29 is 27.5 Å². The maximum Gasteiger partial charge on any atom is 0.389 e. The van der Waals surface area contributed by atoms with Gasteiger partial charge in [0.2, 0.25) is 0 Å². The van der Waals surface area contributed by atoms with Gasteiger partial charge in [-0.3, -0.25) is 9.59 Å². The second-order valence-corrected chi connectivity index (χ2v) is 4.59. The molecule has 0 saturated carbocycles. The van der Waals surface area contributed by atoms with Gasteiger partial charge in [0, 0.05) is 6.42 Å². The summed E-state index contributed by atoms with van der Waals surface area (Å²) in [5.74, 6) is -0.743. The van der Waals surface area contributed by atoms with Crippen LogP contribution in [0, 0.1) is 0 Å². The van der Waals surface area contributed by atoms with Gasteiger partial charge in [-0.15, -0.1) is 0 Å². The number of rotatable bonds is 10. The second-order valence-electron chi connectivity index (χ2n) is 4.59. The van der Waals surface area contributed by atoms with Gasteiger partial charge in [0.1, 0.15) is 12.2 Å². The fraction of sp³-hybridized carbons (Fsp3) is 0.846. The minimum atomic E-state index is -4.05. The van der Waals surface area contributed by atoms with Gasteiger partial charge in [-0.1, -0.05) is 25.7 Å². The Hall–Kier alpha value is -1.07.